The van der Waals surface area contributed by atoms with Gasteiger partial charge in [0.05, 0.1) is 4.47 Å². The van der Waals surface area contributed by atoms with Gasteiger partial charge in [0.25, 0.3) is 0 Å². The van der Waals surface area contributed by atoms with Gasteiger partial charge in [-0.1, -0.05) is 66.7 Å². The Balaban J connectivity index is 1.80. The fourth-order valence-corrected chi connectivity index (χ4v) is 3.44. The Morgan fingerprint density at radius 3 is 2.32 bits per heavy atom. The molecule has 0 aliphatic rings. The predicted molar refractivity (Wildman–Crippen MR) is 106 cm³/mol. The van der Waals surface area contributed by atoms with E-state index >= 15 is 0 Å². The number of nitrogens with zero attached hydrogens (tertiary/aromatic N) is 1. The second-order valence-electron chi connectivity index (χ2n) is 5.77. The molecule has 0 aliphatic heterocycles. The molecule has 0 N–H and O–H groups in total. The van der Waals surface area contributed by atoms with E-state index in [9.17, 15) is 0 Å². The van der Waals surface area contributed by atoms with E-state index in [0.29, 0.717) is 6.61 Å². The zero-order valence-electron chi connectivity index (χ0n) is 13.5. The summed E-state index contributed by atoms with van der Waals surface area (Å²) in [7, 11) is 0. The minimum Gasteiger partial charge on any atom is -0.485 e. The third kappa shape index (κ3) is 3.28. The smallest absolute Gasteiger partial charge is 0.160 e. The molecular weight excluding hydrogens is 374 g/mol. The highest BCUT2D eigenvalue weighted by Crippen LogP contribution is 2.39. The van der Waals surface area contributed by atoms with E-state index in [1.165, 1.54) is 0 Å². The number of hydrogen-bond acceptors (Lipinski definition) is 2. The number of hydrogen-bond donors (Lipinski definition) is 0. The first-order valence-corrected chi connectivity index (χ1v) is 8.91. The highest BCUT2D eigenvalue weighted by atomic mass is 79.9. The molecule has 0 atom stereocenters. The van der Waals surface area contributed by atoms with Gasteiger partial charge in [-0.2, -0.15) is 0 Å². The van der Waals surface area contributed by atoms with Crippen LogP contribution in [0, 0.1) is 0 Å². The molecule has 3 aromatic carbocycles. The number of aromatic nitrogens is 1. The van der Waals surface area contributed by atoms with Gasteiger partial charge < -0.3 is 4.74 Å². The lowest BCUT2D eigenvalue weighted by Gasteiger charge is -2.14. The first kappa shape index (κ1) is 15.9. The maximum absolute atomic E-state index is 6.12. The number of pyridine rings is 1. The van der Waals surface area contributed by atoms with Crippen molar-refractivity contribution in [2.24, 2.45) is 0 Å². The summed E-state index contributed by atoms with van der Waals surface area (Å²) < 4.78 is 7.03. The highest BCUT2D eigenvalue weighted by molar-refractivity contribution is 9.10. The minimum atomic E-state index is 0.510. The van der Waals surface area contributed by atoms with Crippen LogP contribution in [0.1, 0.15) is 5.56 Å². The van der Waals surface area contributed by atoms with Crippen molar-refractivity contribution in [2.75, 3.05) is 0 Å². The molecule has 3 heteroatoms. The second-order valence-corrected chi connectivity index (χ2v) is 6.63. The fraction of sp³-hybridized carbons (Fsp3) is 0.0455. The van der Waals surface area contributed by atoms with Crippen LogP contribution >= 0.6 is 15.9 Å². The molecule has 0 aliphatic carbocycles. The lowest BCUT2D eigenvalue weighted by atomic mass is 10.0. The molecule has 1 aromatic heterocycles. The Hall–Kier alpha value is -2.65. The van der Waals surface area contributed by atoms with Crippen molar-refractivity contribution in [3.63, 3.8) is 0 Å². The zero-order valence-corrected chi connectivity index (χ0v) is 15.1. The fourth-order valence-electron chi connectivity index (χ4n) is 2.91. The molecule has 0 fully saturated rings. The van der Waals surface area contributed by atoms with Gasteiger partial charge in [-0.05, 0) is 44.8 Å². The average molecular weight is 390 g/mol. The largest absolute Gasteiger partial charge is 0.485 e. The van der Waals surface area contributed by atoms with Crippen molar-refractivity contribution >= 4 is 26.8 Å². The quantitative estimate of drug-likeness (QED) is 0.411. The number of ether oxygens (including phenoxy) is 1. The normalized spacial score (nSPS) is 10.8. The van der Waals surface area contributed by atoms with Crippen LogP contribution in [0.4, 0.5) is 0 Å². The molecule has 0 spiro atoms. The van der Waals surface area contributed by atoms with Gasteiger partial charge >= 0.3 is 0 Å². The van der Waals surface area contributed by atoms with E-state index in [2.05, 4.69) is 57.3 Å². The maximum atomic E-state index is 6.12. The third-order valence-electron chi connectivity index (χ3n) is 4.11. The van der Waals surface area contributed by atoms with Crippen LogP contribution in [-0.2, 0) is 6.61 Å². The SMILES string of the molecule is Brc1cc(-c2ccccc2)c2cccnc2c1OCc1ccccc1. The van der Waals surface area contributed by atoms with E-state index in [0.717, 1.165) is 37.8 Å². The zero-order chi connectivity index (χ0) is 17.1. The molecule has 2 nitrogen and oxygen atoms in total. The summed E-state index contributed by atoms with van der Waals surface area (Å²) in [6.45, 7) is 0.510. The monoisotopic (exact) mass is 389 g/mol. The number of fused-ring (bicyclic) bond motifs is 1. The Morgan fingerprint density at radius 1 is 0.840 bits per heavy atom. The van der Waals surface area contributed by atoms with Crippen molar-refractivity contribution in [1.82, 2.24) is 4.98 Å². The minimum absolute atomic E-state index is 0.510. The summed E-state index contributed by atoms with van der Waals surface area (Å²) >= 11 is 3.67. The van der Waals surface area contributed by atoms with Crippen molar-refractivity contribution in [1.29, 1.82) is 0 Å². The van der Waals surface area contributed by atoms with Crippen LogP contribution in [0.3, 0.4) is 0 Å². The molecule has 0 radical (unpaired) electrons. The number of rotatable bonds is 4. The second kappa shape index (κ2) is 7.08. The third-order valence-corrected chi connectivity index (χ3v) is 4.70. The Morgan fingerprint density at radius 2 is 1.56 bits per heavy atom. The summed E-state index contributed by atoms with van der Waals surface area (Å²) in [4.78, 5) is 4.59. The average Bonchev–Trinajstić information content (AvgIpc) is 2.68. The molecule has 1 heterocycles. The van der Waals surface area contributed by atoms with Crippen LogP contribution in [0.2, 0.25) is 0 Å². The molecule has 122 valence electrons. The van der Waals surface area contributed by atoms with E-state index < -0.39 is 0 Å². The first-order chi connectivity index (χ1) is 12.3. The van der Waals surface area contributed by atoms with Crippen LogP contribution in [0.15, 0.2) is 89.5 Å². The molecular formula is C22H16BrNO. The van der Waals surface area contributed by atoms with Crippen molar-refractivity contribution < 1.29 is 4.74 Å². The van der Waals surface area contributed by atoms with Gasteiger partial charge in [0.15, 0.2) is 5.75 Å². The molecule has 4 aromatic rings. The number of halogens is 1. The highest BCUT2D eigenvalue weighted by Gasteiger charge is 2.14. The van der Waals surface area contributed by atoms with Gasteiger partial charge in [0, 0.05) is 11.6 Å². The maximum Gasteiger partial charge on any atom is 0.160 e. The summed E-state index contributed by atoms with van der Waals surface area (Å²) in [6.07, 6.45) is 1.80. The van der Waals surface area contributed by atoms with Crippen molar-refractivity contribution in [2.45, 2.75) is 6.61 Å². The summed E-state index contributed by atoms with van der Waals surface area (Å²) in [5.74, 6) is 0.777. The van der Waals surface area contributed by atoms with Crippen molar-refractivity contribution in [3.8, 4) is 16.9 Å². The van der Waals surface area contributed by atoms with E-state index in [4.69, 9.17) is 4.74 Å². The van der Waals surface area contributed by atoms with Crippen molar-refractivity contribution in [3.05, 3.63) is 95.1 Å². The Kier molecular flexibility index (Phi) is 4.49. The predicted octanol–water partition coefficient (Wildman–Crippen LogP) is 6.24. The van der Waals surface area contributed by atoms with Crippen LogP contribution in [0.5, 0.6) is 5.75 Å². The van der Waals surface area contributed by atoms with E-state index in [1.54, 1.807) is 6.20 Å². The standard InChI is InChI=1S/C22H16BrNO/c23-20-14-19(17-10-5-2-6-11-17)18-12-7-13-24-21(18)22(20)25-15-16-8-3-1-4-9-16/h1-14H,15H2. The molecule has 0 unspecified atom stereocenters. The lowest BCUT2D eigenvalue weighted by Crippen LogP contribution is -1.98. The Labute approximate surface area is 155 Å². The molecule has 4 rings (SSSR count). The van der Waals surface area contributed by atoms with E-state index in [-0.39, 0.29) is 0 Å². The van der Waals surface area contributed by atoms with Gasteiger partial charge in [-0.25, -0.2) is 0 Å². The molecule has 0 saturated carbocycles. The van der Waals surface area contributed by atoms with Crippen LogP contribution in [0.25, 0.3) is 22.0 Å². The van der Waals surface area contributed by atoms with Gasteiger partial charge in [0.2, 0.25) is 0 Å². The molecule has 0 saturated heterocycles. The number of benzene rings is 3. The molecule has 0 amide bonds. The topological polar surface area (TPSA) is 22.1 Å². The van der Waals surface area contributed by atoms with Gasteiger partial charge in [0.1, 0.15) is 12.1 Å². The first-order valence-electron chi connectivity index (χ1n) is 8.12. The van der Waals surface area contributed by atoms with Gasteiger partial charge in [-0.3, -0.25) is 4.98 Å². The summed E-state index contributed by atoms with van der Waals surface area (Å²) in [5, 5.41) is 1.08. The lowest BCUT2D eigenvalue weighted by molar-refractivity contribution is 0.307. The van der Waals surface area contributed by atoms with Crippen LogP contribution < -0.4 is 4.74 Å². The molecule has 0 bridgehead atoms. The van der Waals surface area contributed by atoms with Crippen LogP contribution in [-0.4, -0.2) is 4.98 Å². The van der Waals surface area contributed by atoms with Gasteiger partial charge in [-0.15, -0.1) is 0 Å². The molecule has 25 heavy (non-hydrogen) atoms. The summed E-state index contributed by atoms with van der Waals surface area (Å²) in [6, 6.07) is 26.7. The van der Waals surface area contributed by atoms with E-state index in [1.807, 2.05) is 42.5 Å². The summed E-state index contributed by atoms with van der Waals surface area (Å²) in [5.41, 5.74) is 4.30. The Bertz CT molecular complexity index is 1000.